The first kappa shape index (κ1) is 11.4. The van der Waals surface area contributed by atoms with E-state index in [1.54, 1.807) is 13.3 Å². The van der Waals surface area contributed by atoms with Crippen LogP contribution in [0.2, 0.25) is 0 Å². The van der Waals surface area contributed by atoms with E-state index < -0.39 is 0 Å². The zero-order chi connectivity index (χ0) is 11.2. The summed E-state index contributed by atoms with van der Waals surface area (Å²) in [7, 11) is 1.67. The van der Waals surface area contributed by atoms with E-state index in [4.69, 9.17) is 9.47 Å². The van der Waals surface area contributed by atoms with Gasteiger partial charge in [0.25, 0.3) is 0 Å². The first-order valence-electron chi connectivity index (χ1n) is 5.70. The maximum atomic E-state index is 5.85. The highest BCUT2D eigenvalue weighted by molar-refractivity contribution is 5.19. The third-order valence-corrected chi connectivity index (χ3v) is 2.68. The van der Waals surface area contributed by atoms with Gasteiger partial charge in [0.15, 0.2) is 0 Å². The van der Waals surface area contributed by atoms with Gasteiger partial charge in [0, 0.05) is 7.11 Å². The first-order chi connectivity index (χ1) is 7.88. The molecule has 1 aliphatic heterocycles. The first-order valence-corrected chi connectivity index (χ1v) is 5.70. The van der Waals surface area contributed by atoms with Crippen molar-refractivity contribution in [3.63, 3.8) is 0 Å². The van der Waals surface area contributed by atoms with Gasteiger partial charge in [0.1, 0.15) is 11.9 Å². The van der Waals surface area contributed by atoms with Crippen molar-refractivity contribution in [2.45, 2.75) is 25.6 Å². The van der Waals surface area contributed by atoms with E-state index in [1.165, 1.54) is 0 Å². The molecule has 2 heterocycles. The number of rotatable bonds is 4. The molecule has 0 unspecified atom stereocenters. The van der Waals surface area contributed by atoms with Crippen molar-refractivity contribution in [2.75, 3.05) is 20.2 Å². The van der Waals surface area contributed by atoms with E-state index >= 15 is 0 Å². The number of nitrogens with zero attached hydrogens (tertiary/aromatic N) is 1. The molecule has 0 amide bonds. The lowest BCUT2D eigenvalue weighted by Gasteiger charge is -2.23. The third kappa shape index (κ3) is 3.18. The zero-order valence-electron chi connectivity index (χ0n) is 9.61. The van der Waals surface area contributed by atoms with Crippen LogP contribution in [-0.2, 0) is 11.3 Å². The van der Waals surface area contributed by atoms with Gasteiger partial charge < -0.3 is 14.8 Å². The standard InChI is InChI=1S/C12H18N2O2/c1-15-9-10-2-3-12(8-14-10)16-11-4-6-13-7-5-11/h2-3,8,11,13H,4-7,9H2,1H3. The molecule has 16 heavy (non-hydrogen) atoms. The Labute approximate surface area is 96.0 Å². The summed E-state index contributed by atoms with van der Waals surface area (Å²) in [6.45, 7) is 2.63. The molecule has 1 N–H and O–H groups in total. The molecule has 88 valence electrons. The molecule has 0 atom stereocenters. The molecule has 1 aliphatic rings. The fourth-order valence-corrected chi connectivity index (χ4v) is 1.82. The lowest BCUT2D eigenvalue weighted by molar-refractivity contribution is 0.161. The number of piperidine rings is 1. The second-order valence-corrected chi connectivity index (χ2v) is 3.99. The summed E-state index contributed by atoms with van der Waals surface area (Å²) < 4.78 is 10.9. The monoisotopic (exact) mass is 222 g/mol. The molecule has 0 aromatic carbocycles. The number of ether oxygens (including phenoxy) is 2. The van der Waals surface area contributed by atoms with Crippen molar-refractivity contribution < 1.29 is 9.47 Å². The lowest BCUT2D eigenvalue weighted by atomic mass is 10.1. The molecule has 2 rings (SSSR count). The summed E-state index contributed by atoms with van der Waals surface area (Å²) in [5.41, 5.74) is 0.931. The second kappa shape index (κ2) is 5.82. The van der Waals surface area contributed by atoms with Gasteiger partial charge in [0.05, 0.1) is 18.5 Å². The van der Waals surface area contributed by atoms with Crippen LogP contribution in [0.4, 0.5) is 0 Å². The molecular weight excluding hydrogens is 204 g/mol. The smallest absolute Gasteiger partial charge is 0.138 e. The van der Waals surface area contributed by atoms with E-state index in [1.807, 2.05) is 12.1 Å². The lowest BCUT2D eigenvalue weighted by Crippen LogP contribution is -2.34. The zero-order valence-corrected chi connectivity index (χ0v) is 9.61. The number of pyridine rings is 1. The van der Waals surface area contributed by atoms with Crippen LogP contribution in [0.15, 0.2) is 18.3 Å². The molecule has 1 aromatic heterocycles. The molecule has 1 aromatic rings. The van der Waals surface area contributed by atoms with Crippen LogP contribution in [0.5, 0.6) is 5.75 Å². The average molecular weight is 222 g/mol. The van der Waals surface area contributed by atoms with Gasteiger partial charge >= 0.3 is 0 Å². The number of hydrogen-bond donors (Lipinski definition) is 1. The largest absolute Gasteiger partial charge is 0.489 e. The summed E-state index contributed by atoms with van der Waals surface area (Å²) in [5.74, 6) is 0.853. The van der Waals surface area contributed by atoms with E-state index in [-0.39, 0.29) is 0 Å². The molecule has 1 fully saturated rings. The number of aromatic nitrogens is 1. The van der Waals surface area contributed by atoms with Crippen LogP contribution < -0.4 is 10.1 Å². The summed E-state index contributed by atoms with van der Waals surface area (Å²) in [5, 5.41) is 3.31. The normalized spacial score (nSPS) is 17.3. The average Bonchev–Trinajstić information content (AvgIpc) is 2.33. The number of hydrogen-bond acceptors (Lipinski definition) is 4. The maximum Gasteiger partial charge on any atom is 0.138 e. The van der Waals surface area contributed by atoms with Crippen molar-refractivity contribution in [2.24, 2.45) is 0 Å². The summed E-state index contributed by atoms with van der Waals surface area (Å²) in [6, 6.07) is 3.91. The topological polar surface area (TPSA) is 43.4 Å². The summed E-state index contributed by atoms with van der Waals surface area (Å²) in [4.78, 5) is 4.27. The minimum Gasteiger partial charge on any atom is -0.489 e. The van der Waals surface area contributed by atoms with Crippen molar-refractivity contribution in [3.8, 4) is 5.75 Å². The van der Waals surface area contributed by atoms with Gasteiger partial charge in [-0.25, -0.2) is 0 Å². The van der Waals surface area contributed by atoms with Crippen LogP contribution in [0.3, 0.4) is 0 Å². The van der Waals surface area contributed by atoms with Crippen molar-refractivity contribution in [1.82, 2.24) is 10.3 Å². The maximum absolute atomic E-state index is 5.85. The minimum atomic E-state index is 0.330. The Hall–Kier alpha value is -1.13. The molecule has 4 heteroatoms. The van der Waals surface area contributed by atoms with E-state index in [2.05, 4.69) is 10.3 Å². The predicted molar refractivity (Wildman–Crippen MR) is 61.5 cm³/mol. The molecule has 0 radical (unpaired) electrons. The molecule has 0 spiro atoms. The molecular formula is C12H18N2O2. The van der Waals surface area contributed by atoms with Gasteiger partial charge in [-0.05, 0) is 38.1 Å². The van der Waals surface area contributed by atoms with Crippen LogP contribution >= 0.6 is 0 Å². The number of methoxy groups -OCH3 is 1. The molecule has 0 bridgehead atoms. The van der Waals surface area contributed by atoms with E-state index in [0.717, 1.165) is 37.4 Å². The molecule has 1 saturated heterocycles. The van der Waals surface area contributed by atoms with Crippen molar-refractivity contribution in [3.05, 3.63) is 24.0 Å². The summed E-state index contributed by atoms with van der Waals surface area (Å²) >= 11 is 0. The van der Waals surface area contributed by atoms with Gasteiger partial charge in [-0.2, -0.15) is 0 Å². The van der Waals surface area contributed by atoms with E-state index in [9.17, 15) is 0 Å². The van der Waals surface area contributed by atoms with E-state index in [0.29, 0.717) is 12.7 Å². The fourth-order valence-electron chi connectivity index (χ4n) is 1.82. The molecule has 0 aliphatic carbocycles. The third-order valence-electron chi connectivity index (χ3n) is 2.68. The highest BCUT2D eigenvalue weighted by atomic mass is 16.5. The molecule has 0 saturated carbocycles. The Kier molecular flexibility index (Phi) is 4.13. The highest BCUT2D eigenvalue weighted by Gasteiger charge is 2.14. The van der Waals surface area contributed by atoms with Gasteiger partial charge in [0.2, 0.25) is 0 Å². The predicted octanol–water partition coefficient (Wildman–Crippen LogP) is 1.36. The van der Waals surface area contributed by atoms with Crippen molar-refractivity contribution in [1.29, 1.82) is 0 Å². The second-order valence-electron chi connectivity index (χ2n) is 3.99. The Morgan fingerprint density at radius 1 is 1.38 bits per heavy atom. The SMILES string of the molecule is COCc1ccc(OC2CCNCC2)cn1. The fraction of sp³-hybridized carbons (Fsp3) is 0.583. The Balaban J connectivity index is 1.88. The molecule has 4 nitrogen and oxygen atoms in total. The Morgan fingerprint density at radius 2 is 2.19 bits per heavy atom. The highest BCUT2D eigenvalue weighted by Crippen LogP contribution is 2.15. The van der Waals surface area contributed by atoms with Crippen molar-refractivity contribution >= 4 is 0 Å². The summed E-state index contributed by atoms with van der Waals surface area (Å²) in [6.07, 6.45) is 4.24. The van der Waals surface area contributed by atoms with Gasteiger partial charge in [-0.15, -0.1) is 0 Å². The van der Waals surface area contributed by atoms with Gasteiger partial charge in [-0.1, -0.05) is 0 Å². The van der Waals surface area contributed by atoms with Gasteiger partial charge in [-0.3, -0.25) is 4.98 Å². The van der Waals surface area contributed by atoms with Crippen LogP contribution in [0.25, 0.3) is 0 Å². The number of nitrogens with one attached hydrogen (secondary N) is 1. The van der Waals surface area contributed by atoms with Crippen LogP contribution in [-0.4, -0.2) is 31.3 Å². The van der Waals surface area contributed by atoms with Crippen LogP contribution in [0, 0.1) is 0 Å². The Bertz CT molecular complexity index is 307. The van der Waals surface area contributed by atoms with Crippen LogP contribution in [0.1, 0.15) is 18.5 Å². The Morgan fingerprint density at radius 3 is 2.81 bits per heavy atom. The quantitative estimate of drug-likeness (QED) is 0.835. The minimum absolute atomic E-state index is 0.330.